The molecule has 7 heteroatoms. The number of carbonyl (C=O) groups is 2. The van der Waals surface area contributed by atoms with E-state index in [1.807, 2.05) is 0 Å². The van der Waals surface area contributed by atoms with Crippen molar-refractivity contribution < 1.29 is 19.2 Å². The van der Waals surface area contributed by atoms with Crippen LogP contribution in [0, 0.1) is 0 Å². The SMILES string of the molecule is C=CC(=O)N(CCCNC(=O)OC(C)(C)C)CCCON. The first-order valence-corrected chi connectivity index (χ1v) is 7.00. The standard InChI is InChI=1S/C14H27N3O4/c1-5-12(18)17(10-7-11-20-15)9-6-8-16-13(19)21-14(2,3)4/h5H,1,6-11,15H2,2-4H3,(H,16,19). The number of nitrogens with zero attached hydrogens (tertiary/aromatic N) is 1. The molecule has 0 aliphatic carbocycles. The third kappa shape index (κ3) is 10.8. The highest BCUT2D eigenvalue weighted by molar-refractivity contribution is 5.86. The van der Waals surface area contributed by atoms with Crippen molar-refractivity contribution in [1.29, 1.82) is 0 Å². The van der Waals surface area contributed by atoms with Crippen LogP contribution in [0.1, 0.15) is 33.6 Å². The molecule has 122 valence electrons. The van der Waals surface area contributed by atoms with Crippen LogP contribution in [0.2, 0.25) is 0 Å². The van der Waals surface area contributed by atoms with Gasteiger partial charge in [-0.3, -0.25) is 4.79 Å². The summed E-state index contributed by atoms with van der Waals surface area (Å²) >= 11 is 0. The van der Waals surface area contributed by atoms with Crippen LogP contribution in [-0.4, -0.2) is 48.7 Å². The van der Waals surface area contributed by atoms with E-state index in [4.69, 9.17) is 10.6 Å². The molecule has 2 amide bonds. The van der Waals surface area contributed by atoms with Gasteiger partial charge in [0, 0.05) is 19.6 Å². The fourth-order valence-corrected chi connectivity index (χ4v) is 1.57. The maximum atomic E-state index is 11.6. The molecule has 0 saturated heterocycles. The molecule has 0 saturated carbocycles. The molecular formula is C14H27N3O4. The van der Waals surface area contributed by atoms with Gasteiger partial charge in [-0.1, -0.05) is 6.58 Å². The van der Waals surface area contributed by atoms with E-state index in [2.05, 4.69) is 16.7 Å². The predicted molar refractivity (Wildman–Crippen MR) is 80.4 cm³/mol. The minimum Gasteiger partial charge on any atom is -0.444 e. The lowest BCUT2D eigenvalue weighted by Crippen LogP contribution is -2.36. The van der Waals surface area contributed by atoms with Crippen LogP contribution in [0.15, 0.2) is 12.7 Å². The van der Waals surface area contributed by atoms with E-state index in [1.165, 1.54) is 6.08 Å². The van der Waals surface area contributed by atoms with E-state index in [0.29, 0.717) is 39.1 Å². The molecule has 0 radical (unpaired) electrons. The zero-order chi connectivity index (χ0) is 16.3. The first kappa shape index (κ1) is 19.4. The van der Waals surface area contributed by atoms with E-state index >= 15 is 0 Å². The normalized spacial score (nSPS) is 10.9. The number of ether oxygens (including phenoxy) is 1. The highest BCUT2D eigenvalue weighted by Gasteiger charge is 2.15. The Balaban J connectivity index is 3.99. The van der Waals surface area contributed by atoms with Crippen molar-refractivity contribution in [3.63, 3.8) is 0 Å². The molecule has 7 nitrogen and oxygen atoms in total. The first-order valence-electron chi connectivity index (χ1n) is 7.00. The Morgan fingerprint density at radius 1 is 1.29 bits per heavy atom. The highest BCUT2D eigenvalue weighted by Crippen LogP contribution is 2.06. The fourth-order valence-electron chi connectivity index (χ4n) is 1.57. The molecule has 0 aromatic heterocycles. The highest BCUT2D eigenvalue weighted by atomic mass is 16.6. The summed E-state index contributed by atoms with van der Waals surface area (Å²) in [5.74, 6) is 4.79. The Morgan fingerprint density at radius 3 is 2.43 bits per heavy atom. The molecule has 0 aliphatic rings. The Labute approximate surface area is 126 Å². The van der Waals surface area contributed by atoms with Gasteiger partial charge in [0.1, 0.15) is 5.60 Å². The van der Waals surface area contributed by atoms with Gasteiger partial charge in [0.25, 0.3) is 0 Å². The average molecular weight is 301 g/mol. The monoisotopic (exact) mass is 301 g/mol. The van der Waals surface area contributed by atoms with Gasteiger partial charge in [0.15, 0.2) is 0 Å². The maximum Gasteiger partial charge on any atom is 0.407 e. The van der Waals surface area contributed by atoms with E-state index < -0.39 is 11.7 Å². The zero-order valence-electron chi connectivity index (χ0n) is 13.2. The third-order valence-corrected chi connectivity index (χ3v) is 2.45. The summed E-state index contributed by atoms with van der Waals surface area (Å²) in [4.78, 5) is 29.2. The van der Waals surface area contributed by atoms with Gasteiger partial charge in [0.05, 0.1) is 6.61 Å². The van der Waals surface area contributed by atoms with Crippen LogP contribution in [0.5, 0.6) is 0 Å². The van der Waals surface area contributed by atoms with Crippen LogP contribution < -0.4 is 11.2 Å². The number of amides is 2. The molecule has 3 N–H and O–H groups in total. The summed E-state index contributed by atoms with van der Waals surface area (Å²) in [6, 6.07) is 0. The van der Waals surface area contributed by atoms with Gasteiger partial charge < -0.3 is 19.8 Å². The van der Waals surface area contributed by atoms with Gasteiger partial charge in [-0.15, -0.1) is 0 Å². The summed E-state index contributed by atoms with van der Waals surface area (Å²) in [5.41, 5.74) is -0.517. The lowest BCUT2D eigenvalue weighted by Gasteiger charge is -2.22. The van der Waals surface area contributed by atoms with Gasteiger partial charge in [0.2, 0.25) is 5.91 Å². The minimum absolute atomic E-state index is 0.149. The summed E-state index contributed by atoms with van der Waals surface area (Å²) < 4.78 is 5.12. The molecule has 0 aromatic carbocycles. The second kappa shape index (κ2) is 10.2. The Hall–Kier alpha value is -1.60. The number of carbonyl (C=O) groups excluding carboxylic acids is 2. The molecule has 0 fully saturated rings. The molecule has 0 atom stereocenters. The molecule has 0 unspecified atom stereocenters. The number of nitrogens with one attached hydrogen (secondary N) is 1. The van der Waals surface area contributed by atoms with Crippen LogP contribution in [0.25, 0.3) is 0 Å². The molecule has 0 heterocycles. The Kier molecular flexibility index (Phi) is 9.40. The van der Waals surface area contributed by atoms with Crippen LogP contribution >= 0.6 is 0 Å². The van der Waals surface area contributed by atoms with Crippen molar-refractivity contribution in [1.82, 2.24) is 10.2 Å². The van der Waals surface area contributed by atoms with Crippen molar-refractivity contribution in [2.45, 2.75) is 39.2 Å². The summed E-state index contributed by atoms with van der Waals surface area (Å²) in [5, 5.41) is 2.65. The van der Waals surface area contributed by atoms with Crippen LogP contribution in [0.3, 0.4) is 0 Å². The molecule has 0 spiro atoms. The second-order valence-electron chi connectivity index (χ2n) is 5.54. The van der Waals surface area contributed by atoms with Gasteiger partial charge >= 0.3 is 6.09 Å². The Morgan fingerprint density at radius 2 is 1.90 bits per heavy atom. The summed E-state index contributed by atoms with van der Waals surface area (Å²) in [6.45, 7) is 10.8. The van der Waals surface area contributed by atoms with E-state index in [1.54, 1.807) is 25.7 Å². The number of hydrogen-bond acceptors (Lipinski definition) is 5. The van der Waals surface area contributed by atoms with Crippen molar-refractivity contribution in [3.05, 3.63) is 12.7 Å². The number of alkyl carbamates (subject to hydrolysis) is 1. The van der Waals surface area contributed by atoms with Crippen molar-refractivity contribution in [2.75, 3.05) is 26.2 Å². The largest absolute Gasteiger partial charge is 0.444 e. The number of nitrogens with two attached hydrogens (primary N) is 1. The molecule has 0 aliphatic heterocycles. The fraction of sp³-hybridized carbons (Fsp3) is 0.714. The Bertz CT molecular complexity index is 340. The lowest BCUT2D eigenvalue weighted by atomic mass is 10.2. The van der Waals surface area contributed by atoms with Gasteiger partial charge in [-0.2, -0.15) is 0 Å². The topological polar surface area (TPSA) is 93.9 Å². The summed E-state index contributed by atoms with van der Waals surface area (Å²) in [7, 11) is 0. The average Bonchev–Trinajstić information content (AvgIpc) is 2.38. The molecule has 0 aromatic rings. The molecular weight excluding hydrogens is 274 g/mol. The van der Waals surface area contributed by atoms with Gasteiger partial charge in [-0.05, 0) is 39.7 Å². The number of rotatable bonds is 9. The van der Waals surface area contributed by atoms with E-state index in [9.17, 15) is 9.59 Å². The number of hydrogen-bond donors (Lipinski definition) is 2. The smallest absolute Gasteiger partial charge is 0.407 e. The first-order chi connectivity index (χ1) is 9.80. The maximum absolute atomic E-state index is 11.6. The van der Waals surface area contributed by atoms with Crippen molar-refractivity contribution >= 4 is 12.0 Å². The lowest BCUT2D eigenvalue weighted by molar-refractivity contribution is -0.126. The van der Waals surface area contributed by atoms with Crippen molar-refractivity contribution in [3.8, 4) is 0 Å². The van der Waals surface area contributed by atoms with Gasteiger partial charge in [-0.25, -0.2) is 10.7 Å². The third-order valence-electron chi connectivity index (χ3n) is 2.45. The molecule has 21 heavy (non-hydrogen) atoms. The summed E-state index contributed by atoms with van der Waals surface area (Å²) in [6.07, 6.45) is 2.09. The quantitative estimate of drug-likeness (QED) is 0.379. The van der Waals surface area contributed by atoms with E-state index in [0.717, 1.165) is 0 Å². The van der Waals surface area contributed by atoms with Crippen LogP contribution in [-0.2, 0) is 14.4 Å². The minimum atomic E-state index is -0.517. The zero-order valence-corrected chi connectivity index (χ0v) is 13.2. The van der Waals surface area contributed by atoms with Crippen molar-refractivity contribution in [2.24, 2.45) is 5.90 Å². The van der Waals surface area contributed by atoms with E-state index in [-0.39, 0.29) is 5.91 Å². The molecule has 0 bridgehead atoms. The molecule has 0 rings (SSSR count). The second-order valence-corrected chi connectivity index (χ2v) is 5.54. The van der Waals surface area contributed by atoms with Crippen LogP contribution in [0.4, 0.5) is 4.79 Å². The predicted octanol–water partition coefficient (Wildman–Crippen LogP) is 1.20.